The highest BCUT2D eigenvalue weighted by Gasteiger charge is 2.72. The van der Waals surface area contributed by atoms with Crippen LogP contribution >= 0.6 is 22.9 Å². The van der Waals surface area contributed by atoms with E-state index in [4.69, 9.17) is 17.3 Å². The Kier molecular flexibility index (Phi) is 2.14. The largest absolute Gasteiger partial charge is 0.329 e. The lowest BCUT2D eigenvalue weighted by Gasteiger charge is -2.12. The Morgan fingerprint density at radius 2 is 2.21 bits per heavy atom. The summed E-state index contributed by atoms with van der Waals surface area (Å²) in [5, 5.41) is 2.25. The van der Waals surface area contributed by atoms with Gasteiger partial charge in [0.05, 0.1) is 10.4 Å². The van der Waals surface area contributed by atoms with Crippen molar-refractivity contribution in [3.8, 4) is 0 Å². The average molecular weight is 238 g/mol. The van der Waals surface area contributed by atoms with Crippen LogP contribution in [0.1, 0.15) is 16.9 Å². The Morgan fingerprint density at radius 3 is 2.50 bits per heavy atom. The van der Waals surface area contributed by atoms with Crippen molar-refractivity contribution in [2.75, 3.05) is 6.54 Å². The Bertz CT molecular complexity index is 377. The molecule has 2 N–H and O–H groups in total. The number of hydrogen-bond acceptors (Lipinski definition) is 2. The summed E-state index contributed by atoms with van der Waals surface area (Å²) in [5.41, 5.74) is 5.09. The second-order valence-corrected chi connectivity index (χ2v) is 4.99. The number of nitrogens with two attached hydrogens (primary N) is 1. The minimum absolute atomic E-state index is 0.0420. The van der Waals surface area contributed by atoms with Crippen LogP contribution in [0.15, 0.2) is 5.38 Å². The lowest BCUT2D eigenvalue weighted by molar-refractivity contribution is 0.0904. The lowest BCUT2D eigenvalue weighted by atomic mass is 10.0. The van der Waals surface area contributed by atoms with Crippen LogP contribution in [-0.4, -0.2) is 12.5 Å². The van der Waals surface area contributed by atoms with Crippen molar-refractivity contribution in [3.05, 3.63) is 20.8 Å². The van der Waals surface area contributed by atoms with Gasteiger partial charge in [-0.15, -0.1) is 11.3 Å². The number of alkyl halides is 2. The van der Waals surface area contributed by atoms with Crippen molar-refractivity contribution >= 4 is 22.9 Å². The average Bonchev–Trinajstić information content (AvgIpc) is 2.53. The smallest absolute Gasteiger partial charge is 0.261 e. The molecule has 1 aromatic heterocycles. The second kappa shape index (κ2) is 2.90. The standard InChI is InChI=1S/C9H10ClF2NS/c1-5-2-14-7(6(5)10)8(4-13)3-9(8,11)12/h2H,3-4,13H2,1H3. The van der Waals surface area contributed by atoms with Gasteiger partial charge >= 0.3 is 0 Å². The van der Waals surface area contributed by atoms with Crippen molar-refractivity contribution in [1.29, 1.82) is 0 Å². The number of rotatable bonds is 2. The van der Waals surface area contributed by atoms with Gasteiger partial charge in [0.2, 0.25) is 0 Å². The quantitative estimate of drug-likeness (QED) is 0.841. The van der Waals surface area contributed by atoms with E-state index in [0.29, 0.717) is 9.90 Å². The molecule has 78 valence electrons. The molecule has 0 saturated heterocycles. The van der Waals surface area contributed by atoms with E-state index >= 15 is 0 Å². The normalized spacial score (nSPS) is 29.2. The molecule has 1 nitrogen and oxygen atoms in total. The molecule has 1 atom stereocenters. The van der Waals surface area contributed by atoms with Crippen molar-refractivity contribution in [1.82, 2.24) is 0 Å². The monoisotopic (exact) mass is 237 g/mol. The third-order valence-electron chi connectivity index (χ3n) is 2.78. The first-order valence-corrected chi connectivity index (χ1v) is 5.52. The van der Waals surface area contributed by atoms with Crippen LogP contribution in [0.2, 0.25) is 5.02 Å². The van der Waals surface area contributed by atoms with E-state index in [1.54, 1.807) is 5.38 Å². The molecular formula is C9H10ClF2NS. The minimum Gasteiger partial charge on any atom is -0.329 e. The molecule has 0 aliphatic heterocycles. The predicted molar refractivity (Wildman–Crippen MR) is 54.4 cm³/mol. The molecule has 0 aromatic carbocycles. The molecule has 5 heteroatoms. The maximum absolute atomic E-state index is 13.2. The summed E-state index contributed by atoms with van der Waals surface area (Å²) in [6, 6.07) is 0. The third-order valence-corrected chi connectivity index (χ3v) is 4.68. The maximum Gasteiger partial charge on any atom is 0.261 e. The summed E-state index contributed by atoms with van der Waals surface area (Å²) in [5.74, 6) is -2.68. The first-order chi connectivity index (χ1) is 6.44. The van der Waals surface area contributed by atoms with Gasteiger partial charge in [0, 0.05) is 17.8 Å². The molecule has 0 amide bonds. The van der Waals surface area contributed by atoms with Gasteiger partial charge in [-0.3, -0.25) is 0 Å². The van der Waals surface area contributed by atoms with Crippen LogP contribution in [0.4, 0.5) is 8.78 Å². The molecule has 1 unspecified atom stereocenters. The third kappa shape index (κ3) is 1.14. The van der Waals surface area contributed by atoms with Crippen molar-refractivity contribution in [2.45, 2.75) is 24.7 Å². The molecule has 0 bridgehead atoms. The summed E-state index contributed by atoms with van der Waals surface area (Å²) in [6.07, 6.45) is -0.170. The summed E-state index contributed by atoms with van der Waals surface area (Å²) < 4.78 is 26.4. The topological polar surface area (TPSA) is 26.0 Å². The fourth-order valence-corrected chi connectivity index (χ4v) is 3.29. The van der Waals surface area contributed by atoms with Crippen molar-refractivity contribution in [3.63, 3.8) is 0 Å². The van der Waals surface area contributed by atoms with Crippen LogP contribution in [0, 0.1) is 6.92 Å². The molecular weight excluding hydrogens is 228 g/mol. The molecule has 0 spiro atoms. The van der Waals surface area contributed by atoms with E-state index in [-0.39, 0.29) is 13.0 Å². The fourth-order valence-electron chi connectivity index (χ4n) is 1.65. The summed E-state index contributed by atoms with van der Waals surface area (Å²) >= 11 is 7.24. The van der Waals surface area contributed by atoms with Crippen LogP contribution in [0.5, 0.6) is 0 Å². The SMILES string of the molecule is Cc1csc(C2(CN)CC2(F)F)c1Cl. The number of aryl methyl sites for hydroxylation is 1. The Labute approximate surface area is 89.9 Å². The minimum atomic E-state index is -2.68. The van der Waals surface area contributed by atoms with Crippen LogP contribution in [0.25, 0.3) is 0 Å². The molecule has 1 aliphatic rings. The zero-order chi connectivity index (χ0) is 10.6. The highest BCUT2D eigenvalue weighted by molar-refractivity contribution is 7.11. The number of hydrogen-bond donors (Lipinski definition) is 1. The van der Waals surface area contributed by atoms with Crippen molar-refractivity contribution < 1.29 is 8.78 Å². The van der Waals surface area contributed by atoms with Gasteiger partial charge in [0.1, 0.15) is 0 Å². The van der Waals surface area contributed by atoms with Crippen molar-refractivity contribution in [2.24, 2.45) is 5.73 Å². The first-order valence-electron chi connectivity index (χ1n) is 4.26. The molecule has 1 aromatic rings. The van der Waals surface area contributed by atoms with E-state index in [9.17, 15) is 8.78 Å². The highest BCUT2D eigenvalue weighted by atomic mass is 35.5. The molecule has 1 saturated carbocycles. The molecule has 2 rings (SSSR count). The van der Waals surface area contributed by atoms with E-state index < -0.39 is 11.3 Å². The molecule has 1 aliphatic carbocycles. The van der Waals surface area contributed by atoms with Gasteiger partial charge in [-0.1, -0.05) is 11.6 Å². The Balaban J connectivity index is 2.45. The lowest BCUT2D eigenvalue weighted by Crippen LogP contribution is -2.26. The number of thiophene rings is 1. The Morgan fingerprint density at radius 1 is 1.64 bits per heavy atom. The zero-order valence-corrected chi connectivity index (χ0v) is 9.18. The summed E-state index contributed by atoms with van der Waals surface area (Å²) in [4.78, 5) is 0.546. The van der Waals surface area contributed by atoms with Gasteiger partial charge < -0.3 is 5.73 Å². The van der Waals surface area contributed by atoms with Crippen LogP contribution < -0.4 is 5.73 Å². The first kappa shape index (κ1) is 10.3. The van der Waals surface area contributed by atoms with Crippen LogP contribution in [0.3, 0.4) is 0 Å². The van der Waals surface area contributed by atoms with Gasteiger partial charge in [-0.25, -0.2) is 8.78 Å². The summed E-state index contributed by atoms with van der Waals surface area (Å²) in [6.45, 7) is 1.77. The van der Waals surface area contributed by atoms with E-state index in [1.165, 1.54) is 11.3 Å². The number of halogens is 3. The van der Waals surface area contributed by atoms with Gasteiger partial charge in [0.15, 0.2) is 0 Å². The molecule has 0 radical (unpaired) electrons. The van der Waals surface area contributed by atoms with Gasteiger partial charge in [-0.2, -0.15) is 0 Å². The summed E-state index contributed by atoms with van der Waals surface area (Å²) in [7, 11) is 0. The zero-order valence-electron chi connectivity index (χ0n) is 7.61. The van der Waals surface area contributed by atoms with Gasteiger partial charge in [0.25, 0.3) is 5.92 Å². The maximum atomic E-state index is 13.2. The van der Waals surface area contributed by atoms with E-state index in [2.05, 4.69) is 0 Å². The molecule has 1 fully saturated rings. The van der Waals surface area contributed by atoms with Gasteiger partial charge in [-0.05, 0) is 17.9 Å². The van der Waals surface area contributed by atoms with E-state index in [1.807, 2.05) is 6.92 Å². The molecule has 1 heterocycles. The predicted octanol–water partition coefficient (Wildman–Crippen LogP) is 2.95. The van der Waals surface area contributed by atoms with E-state index in [0.717, 1.165) is 5.56 Å². The Hall–Kier alpha value is -0.190. The second-order valence-electron chi connectivity index (χ2n) is 3.73. The van der Waals surface area contributed by atoms with Crippen LogP contribution in [-0.2, 0) is 5.41 Å². The highest BCUT2D eigenvalue weighted by Crippen LogP contribution is 2.63. The fraction of sp³-hybridized carbons (Fsp3) is 0.556. The molecule has 14 heavy (non-hydrogen) atoms.